The highest BCUT2D eigenvalue weighted by Gasteiger charge is 2.14. The van der Waals surface area contributed by atoms with Gasteiger partial charge in [0.1, 0.15) is 5.75 Å². The van der Waals surface area contributed by atoms with E-state index in [1.165, 1.54) is 6.92 Å². The number of Topliss-reactive ketones (excluding diaryl/α,β-unsaturated/α-hetero) is 1. The van der Waals surface area contributed by atoms with Crippen molar-refractivity contribution in [3.05, 3.63) is 60.7 Å². The van der Waals surface area contributed by atoms with E-state index in [9.17, 15) is 4.79 Å². The average molecular weight is 242 g/mol. The van der Waals surface area contributed by atoms with Gasteiger partial charge in [0.05, 0.1) is 12.7 Å². The summed E-state index contributed by atoms with van der Waals surface area (Å²) in [6.45, 7) is 9.01. The molecule has 0 radical (unpaired) electrons. The molecule has 0 aromatic heterocycles. The van der Waals surface area contributed by atoms with Crippen LogP contribution in [0, 0.1) is 0 Å². The van der Waals surface area contributed by atoms with Crippen LogP contribution in [0.2, 0.25) is 0 Å². The summed E-state index contributed by atoms with van der Waals surface area (Å²) >= 11 is 0. The average Bonchev–Trinajstić information content (AvgIpc) is 2.38. The number of methoxy groups -OCH3 is 1. The molecule has 0 N–H and O–H groups in total. The largest absolute Gasteiger partial charge is 0.496 e. The zero-order valence-corrected chi connectivity index (χ0v) is 10.9. The molecule has 0 saturated carbocycles. The molecule has 1 aromatic carbocycles. The Morgan fingerprint density at radius 3 is 2.61 bits per heavy atom. The van der Waals surface area contributed by atoms with E-state index < -0.39 is 0 Å². The fraction of sp³-hybridized carbons (Fsp3) is 0.188. The van der Waals surface area contributed by atoms with Crippen LogP contribution in [-0.4, -0.2) is 12.9 Å². The lowest BCUT2D eigenvalue weighted by Gasteiger charge is -2.12. The minimum absolute atomic E-state index is 0.0196. The molecule has 0 fully saturated rings. The summed E-state index contributed by atoms with van der Waals surface area (Å²) in [5.41, 5.74) is 2.35. The smallest absolute Gasteiger partial charge is 0.164 e. The van der Waals surface area contributed by atoms with Gasteiger partial charge >= 0.3 is 0 Å². The summed E-state index contributed by atoms with van der Waals surface area (Å²) < 4.78 is 5.24. The summed E-state index contributed by atoms with van der Waals surface area (Å²) in [7, 11) is 1.56. The zero-order valence-electron chi connectivity index (χ0n) is 10.9. The Morgan fingerprint density at radius 1 is 1.39 bits per heavy atom. The van der Waals surface area contributed by atoms with Gasteiger partial charge in [-0.25, -0.2) is 0 Å². The lowest BCUT2D eigenvalue weighted by atomic mass is 9.95. The number of hydrogen-bond donors (Lipinski definition) is 0. The van der Waals surface area contributed by atoms with Crippen molar-refractivity contribution in [3.63, 3.8) is 0 Å². The molecule has 0 aliphatic carbocycles. The van der Waals surface area contributed by atoms with Gasteiger partial charge in [0, 0.05) is 0 Å². The van der Waals surface area contributed by atoms with E-state index in [0.717, 1.165) is 17.6 Å². The van der Waals surface area contributed by atoms with E-state index in [2.05, 4.69) is 13.2 Å². The van der Waals surface area contributed by atoms with Crippen molar-refractivity contribution in [1.29, 1.82) is 0 Å². The highest BCUT2D eigenvalue weighted by Crippen LogP contribution is 2.28. The SMILES string of the molecule is C=CC/C=C(\C=C)c1cccc(OC)c1C(C)=O. The third-order valence-corrected chi connectivity index (χ3v) is 2.63. The minimum atomic E-state index is -0.0196. The van der Waals surface area contributed by atoms with Crippen LogP contribution in [0.15, 0.2) is 49.6 Å². The maximum atomic E-state index is 11.8. The molecule has 0 atom stereocenters. The Hall–Kier alpha value is -2.09. The predicted molar refractivity (Wildman–Crippen MR) is 76.0 cm³/mol. The Labute approximate surface area is 108 Å². The molecule has 0 heterocycles. The van der Waals surface area contributed by atoms with E-state index in [4.69, 9.17) is 4.74 Å². The quantitative estimate of drug-likeness (QED) is 0.427. The maximum absolute atomic E-state index is 11.8. The Kier molecular flexibility index (Phi) is 5.12. The maximum Gasteiger partial charge on any atom is 0.164 e. The van der Waals surface area contributed by atoms with Crippen LogP contribution in [0.1, 0.15) is 29.3 Å². The molecule has 18 heavy (non-hydrogen) atoms. The molecule has 2 heteroatoms. The summed E-state index contributed by atoms with van der Waals surface area (Å²) in [5, 5.41) is 0. The van der Waals surface area contributed by atoms with Crippen LogP contribution in [0.25, 0.3) is 5.57 Å². The number of hydrogen-bond acceptors (Lipinski definition) is 2. The van der Waals surface area contributed by atoms with Crippen LogP contribution in [0.5, 0.6) is 5.75 Å². The van der Waals surface area contributed by atoms with Crippen LogP contribution in [-0.2, 0) is 0 Å². The number of carbonyl (C=O) groups excluding carboxylic acids is 1. The third kappa shape index (κ3) is 2.98. The first-order chi connectivity index (χ1) is 8.65. The molecule has 2 nitrogen and oxygen atoms in total. The zero-order chi connectivity index (χ0) is 13.5. The fourth-order valence-corrected chi connectivity index (χ4v) is 1.82. The van der Waals surface area contributed by atoms with E-state index >= 15 is 0 Å². The second-order valence-electron chi connectivity index (χ2n) is 3.83. The van der Waals surface area contributed by atoms with Gasteiger partial charge in [-0.15, -0.1) is 6.58 Å². The number of rotatable bonds is 6. The van der Waals surface area contributed by atoms with Crippen molar-refractivity contribution >= 4 is 11.4 Å². The normalized spacial score (nSPS) is 10.9. The van der Waals surface area contributed by atoms with Gasteiger partial charge < -0.3 is 4.74 Å². The van der Waals surface area contributed by atoms with E-state index in [0.29, 0.717) is 11.3 Å². The number of ether oxygens (including phenoxy) is 1. The highest BCUT2D eigenvalue weighted by atomic mass is 16.5. The number of carbonyl (C=O) groups is 1. The summed E-state index contributed by atoms with van der Waals surface area (Å²) in [5.74, 6) is 0.570. The first kappa shape index (κ1) is 14.0. The molecule has 0 saturated heterocycles. The molecule has 0 bridgehead atoms. The Bertz CT molecular complexity index is 496. The van der Waals surface area contributed by atoms with Crippen molar-refractivity contribution in [2.45, 2.75) is 13.3 Å². The first-order valence-corrected chi connectivity index (χ1v) is 5.77. The van der Waals surface area contributed by atoms with Gasteiger partial charge in [0.2, 0.25) is 0 Å². The lowest BCUT2D eigenvalue weighted by molar-refractivity contribution is 0.101. The van der Waals surface area contributed by atoms with Crippen LogP contribution >= 0.6 is 0 Å². The Morgan fingerprint density at radius 2 is 2.11 bits per heavy atom. The monoisotopic (exact) mass is 242 g/mol. The molecule has 0 aliphatic heterocycles. The van der Waals surface area contributed by atoms with E-state index in [-0.39, 0.29) is 5.78 Å². The van der Waals surface area contributed by atoms with Crippen LogP contribution in [0.3, 0.4) is 0 Å². The predicted octanol–water partition coefficient (Wildman–Crippen LogP) is 4.04. The molecule has 0 amide bonds. The second-order valence-corrected chi connectivity index (χ2v) is 3.83. The highest BCUT2D eigenvalue weighted by molar-refractivity contribution is 6.02. The van der Waals surface area contributed by atoms with E-state index in [1.807, 2.05) is 18.2 Å². The lowest BCUT2D eigenvalue weighted by Crippen LogP contribution is -2.02. The van der Waals surface area contributed by atoms with Crippen molar-refractivity contribution in [3.8, 4) is 5.75 Å². The molecule has 94 valence electrons. The van der Waals surface area contributed by atoms with Gasteiger partial charge in [-0.3, -0.25) is 4.79 Å². The second kappa shape index (κ2) is 6.60. The van der Waals surface area contributed by atoms with Gasteiger partial charge in [-0.2, -0.15) is 0 Å². The first-order valence-electron chi connectivity index (χ1n) is 5.77. The molecule has 0 spiro atoms. The number of allylic oxidation sites excluding steroid dienone is 4. The van der Waals surface area contributed by atoms with Gasteiger partial charge in [0.15, 0.2) is 5.78 Å². The van der Waals surface area contributed by atoms with Gasteiger partial charge in [0.25, 0.3) is 0 Å². The topological polar surface area (TPSA) is 26.3 Å². The van der Waals surface area contributed by atoms with Crippen LogP contribution in [0.4, 0.5) is 0 Å². The molecule has 1 aromatic rings. The number of ketones is 1. The van der Waals surface area contributed by atoms with Gasteiger partial charge in [-0.1, -0.05) is 36.9 Å². The third-order valence-electron chi connectivity index (χ3n) is 2.63. The molecular formula is C16H18O2. The van der Waals surface area contributed by atoms with Crippen molar-refractivity contribution in [2.24, 2.45) is 0 Å². The van der Waals surface area contributed by atoms with E-state index in [1.54, 1.807) is 25.3 Å². The van der Waals surface area contributed by atoms with Crippen molar-refractivity contribution in [1.82, 2.24) is 0 Å². The van der Waals surface area contributed by atoms with Gasteiger partial charge in [-0.05, 0) is 30.5 Å². The fourth-order valence-electron chi connectivity index (χ4n) is 1.82. The summed E-state index contributed by atoms with van der Waals surface area (Å²) in [6.07, 6.45) is 6.26. The van der Waals surface area contributed by atoms with Crippen LogP contribution < -0.4 is 4.74 Å². The minimum Gasteiger partial charge on any atom is -0.496 e. The summed E-state index contributed by atoms with van der Waals surface area (Å²) in [6, 6.07) is 5.55. The summed E-state index contributed by atoms with van der Waals surface area (Å²) in [4.78, 5) is 11.8. The molecule has 0 aliphatic rings. The molecule has 1 rings (SSSR count). The molecular weight excluding hydrogens is 224 g/mol. The van der Waals surface area contributed by atoms with Crippen molar-refractivity contribution in [2.75, 3.05) is 7.11 Å². The van der Waals surface area contributed by atoms with Crippen molar-refractivity contribution < 1.29 is 9.53 Å². The number of benzene rings is 1. The Balaban J connectivity index is 3.42. The standard InChI is InChI=1S/C16H18O2/c1-5-7-9-13(6-2)14-10-8-11-15(18-4)16(14)12(3)17/h5-6,8-11H,1-2,7H2,3-4H3/b13-9+. The molecule has 0 unspecified atom stereocenters.